The van der Waals surface area contributed by atoms with Crippen LogP contribution in [0.3, 0.4) is 0 Å². The molecule has 0 saturated heterocycles. The molecule has 1 aromatic carbocycles. The van der Waals surface area contributed by atoms with Crippen molar-refractivity contribution in [3.8, 4) is 0 Å². The summed E-state index contributed by atoms with van der Waals surface area (Å²) in [6.07, 6.45) is 3.11. The summed E-state index contributed by atoms with van der Waals surface area (Å²) in [5.74, 6) is -0.0183. The van der Waals surface area contributed by atoms with Crippen molar-refractivity contribution in [2.75, 3.05) is 0 Å². The molecule has 88 valence electrons. The van der Waals surface area contributed by atoms with Gasteiger partial charge in [0.1, 0.15) is 0 Å². The highest BCUT2D eigenvalue weighted by molar-refractivity contribution is 5.67. The number of carboxylic acid groups (broad SMARTS) is 1. The molecule has 0 aliphatic heterocycles. The van der Waals surface area contributed by atoms with E-state index < -0.39 is 5.97 Å². The van der Waals surface area contributed by atoms with Crippen LogP contribution in [0, 0.1) is 5.92 Å². The molecule has 0 aliphatic rings. The summed E-state index contributed by atoms with van der Waals surface area (Å²) in [5.41, 5.74) is 2.44. The van der Waals surface area contributed by atoms with Gasteiger partial charge in [0.05, 0.1) is 0 Å². The van der Waals surface area contributed by atoms with Crippen molar-refractivity contribution in [2.45, 2.75) is 39.5 Å². The van der Waals surface area contributed by atoms with Gasteiger partial charge in [-0.2, -0.15) is 0 Å². The van der Waals surface area contributed by atoms with Crippen molar-refractivity contribution in [3.05, 3.63) is 35.4 Å². The number of carbonyl (C=O) groups is 1. The van der Waals surface area contributed by atoms with Crippen LogP contribution >= 0.6 is 0 Å². The summed E-state index contributed by atoms with van der Waals surface area (Å²) in [5, 5.41) is 8.62. The minimum absolute atomic E-state index is 0.216. The van der Waals surface area contributed by atoms with Gasteiger partial charge in [-0.05, 0) is 36.3 Å². The van der Waals surface area contributed by atoms with Crippen molar-refractivity contribution in [1.82, 2.24) is 0 Å². The molecule has 1 aromatic rings. The quantitative estimate of drug-likeness (QED) is 0.798. The van der Waals surface area contributed by atoms with Crippen LogP contribution in [-0.2, 0) is 17.6 Å². The Bertz CT molecular complexity index is 342. The largest absolute Gasteiger partial charge is 0.481 e. The summed E-state index contributed by atoms with van der Waals surface area (Å²) in [6, 6.07) is 8.27. The Balaban J connectivity index is 2.53. The molecule has 0 radical (unpaired) electrons. The fourth-order valence-electron chi connectivity index (χ4n) is 1.65. The monoisotopic (exact) mass is 220 g/mol. The molecule has 16 heavy (non-hydrogen) atoms. The van der Waals surface area contributed by atoms with Crippen LogP contribution in [0.15, 0.2) is 24.3 Å². The SMILES string of the molecule is CC(C)CCc1cccc(CCC(=O)O)c1. The standard InChI is InChI=1S/C14H20O2/c1-11(2)6-7-12-4-3-5-13(10-12)8-9-14(15)16/h3-5,10-11H,6-9H2,1-2H3,(H,15,16). The normalized spacial score (nSPS) is 10.7. The van der Waals surface area contributed by atoms with E-state index in [2.05, 4.69) is 26.0 Å². The van der Waals surface area contributed by atoms with E-state index in [0.717, 1.165) is 12.0 Å². The zero-order valence-corrected chi connectivity index (χ0v) is 10.1. The fourth-order valence-corrected chi connectivity index (χ4v) is 1.65. The van der Waals surface area contributed by atoms with Gasteiger partial charge in [0, 0.05) is 6.42 Å². The first-order chi connectivity index (χ1) is 7.58. The van der Waals surface area contributed by atoms with Crippen LogP contribution in [0.2, 0.25) is 0 Å². The molecule has 0 atom stereocenters. The highest BCUT2D eigenvalue weighted by Gasteiger charge is 2.01. The minimum Gasteiger partial charge on any atom is -0.481 e. The lowest BCUT2D eigenvalue weighted by molar-refractivity contribution is -0.136. The van der Waals surface area contributed by atoms with Gasteiger partial charge < -0.3 is 5.11 Å². The summed E-state index contributed by atoms with van der Waals surface area (Å²) in [6.45, 7) is 4.43. The number of aliphatic carboxylic acids is 1. The molecule has 1 N–H and O–H groups in total. The van der Waals surface area contributed by atoms with E-state index in [1.54, 1.807) is 0 Å². The molecule has 2 nitrogen and oxygen atoms in total. The molecule has 0 unspecified atom stereocenters. The van der Waals surface area contributed by atoms with Gasteiger partial charge in [0.2, 0.25) is 0 Å². The van der Waals surface area contributed by atoms with Crippen LogP contribution in [0.25, 0.3) is 0 Å². The minimum atomic E-state index is -0.729. The predicted octanol–water partition coefficient (Wildman–Crippen LogP) is 3.29. The second kappa shape index (κ2) is 6.31. The van der Waals surface area contributed by atoms with Crippen molar-refractivity contribution >= 4 is 5.97 Å². The Morgan fingerprint density at radius 1 is 1.25 bits per heavy atom. The van der Waals surface area contributed by atoms with Gasteiger partial charge in [0.25, 0.3) is 0 Å². The van der Waals surface area contributed by atoms with Crippen LogP contribution in [-0.4, -0.2) is 11.1 Å². The highest BCUT2D eigenvalue weighted by Crippen LogP contribution is 2.12. The fraction of sp³-hybridized carbons (Fsp3) is 0.500. The van der Waals surface area contributed by atoms with E-state index in [9.17, 15) is 4.79 Å². The second-order valence-electron chi connectivity index (χ2n) is 4.65. The Morgan fingerprint density at radius 2 is 1.88 bits per heavy atom. The third kappa shape index (κ3) is 4.96. The third-order valence-corrected chi connectivity index (χ3v) is 2.63. The molecular formula is C14H20O2. The number of rotatable bonds is 6. The van der Waals surface area contributed by atoms with Gasteiger partial charge in [0.15, 0.2) is 0 Å². The van der Waals surface area contributed by atoms with Crippen LogP contribution in [0.1, 0.15) is 37.8 Å². The number of hydrogen-bond acceptors (Lipinski definition) is 1. The molecular weight excluding hydrogens is 200 g/mol. The van der Waals surface area contributed by atoms with Gasteiger partial charge in [-0.3, -0.25) is 4.79 Å². The summed E-state index contributed by atoms with van der Waals surface area (Å²) >= 11 is 0. The topological polar surface area (TPSA) is 37.3 Å². The lowest BCUT2D eigenvalue weighted by atomic mass is 10.00. The van der Waals surface area contributed by atoms with Crippen molar-refractivity contribution in [3.63, 3.8) is 0 Å². The van der Waals surface area contributed by atoms with E-state index in [1.165, 1.54) is 12.0 Å². The maximum Gasteiger partial charge on any atom is 0.303 e. The Hall–Kier alpha value is -1.31. The Labute approximate surface area is 97.3 Å². The second-order valence-corrected chi connectivity index (χ2v) is 4.65. The van der Waals surface area contributed by atoms with E-state index in [1.807, 2.05) is 12.1 Å². The van der Waals surface area contributed by atoms with Crippen LogP contribution in [0.5, 0.6) is 0 Å². The number of carboxylic acids is 1. The molecule has 0 heterocycles. The average molecular weight is 220 g/mol. The lowest BCUT2D eigenvalue weighted by Gasteiger charge is -2.06. The smallest absolute Gasteiger partial charge is 0.303 e. The molecule has 0 aliphatic carbocycles. The third-order valence-electron chi connectivity index (χ3n) is 2.63. The van der Waals surface area contributed by atoms with Crippen molar-refractivity contribution < 1.29 is 9.90 Å². The van der Waals surface area contributed by atoms with Gasteiger partial charge in [-0.25, -0.2) is 0 Å². The van der Waals surface area contributed by atoms with Crippen molar-refractivity contribution in [2.24, 2.45) is 5.92 Å². The first-order valence-corrected chi connectivity index (χ1v) is 5.87. The average Bonchev–Trinajstić information content (AvgIpc) is 2.24. The summed E-state index contributed by atoms with van der Waals surface area (Å²) in [4.78, 5) is 10.5. The van der Waals surface area contributed by atoms with E-state index in [0.29, 0.717) is 12.3 Å². The zero-order valence-electron chi connectivity index (χ0n) is 10.1. The molecule has 0 aromatic heterocycles. The first kappa shape index (κ1) is 12.8. The molecule has 1 rings (SSSR count). The molecule has 0 saturated carbocycles. The molecule has 0 spiro atoms. The van der Waals surface area contributed by atoms with Gasteiger partial charge >= 0.3 is 5.97 Å². The molecule has 2 heteroatoms. The van der Waals surface area contributed by atoms with Gasteiger partial charge in [-0.1, -0.05) is 38.1 Å². The predicted molar refractivity (Wildman–Crippen MR) is 65.6 cm³/mol. The lowest BCUT2D eigenvalue weighted by Crippen LogP contribution is -1.98. The number of hydrogen-bond donors (Lipinski definition) is 1. The molecule has 0 bridgehead atoms. The Kier molecular flexibility index (Phi) is 5.03. The maximum atomic E-state index is 10.5. The Morgan fingerprint density at radius 3 is 2.44 bits per heavy atom. The van der Waals surface area contributed by atoms with E-state index in [-0.39, 0.29) is 6.42 Å². The van der Waals surface area contributed by atoms with E-state index in [4.69, 9.17) is 5.11 Å². The zero-order chi connectivity index (χ0) is 12.0. The van der Waals surface area contributed by atoms with E-state index >= 15 is 0 Å². The van der Waals surface area contributed by atoms with Crippen molar-refractivity contribution in [1.29, 1.82) is 0 Å². The number of benzene rings is 1. The van der Waals surface area contributed by atoms with Gasteiger partial charge in [-0.15, -0.1) is 0 Å². The van der Waals surface area contributed by atoms with Crippen LogP contribution < -0.4 is 0 Å². The summed E-state index contributed by atoms with van der Waals surface area (Å²) in [7, 11) is 0. The first-order valence-electron chi connectivity index (χ1n) is 5.87. The maximum absolute atomic E-state index is 10.5. The highest BCUT2D eigenvalue weighted by atomic mass is 16.4. The number of aryl methyl sites for hydroxylation is 2. The summed E-state index contributed by atoms with van der Waals surface area (Å²) < 4.78 is 0. The van der Waals surface area contributed by atoms with Crippen LogP contribution in [0.4, 0.5) is 0 Å². The molecule has 0 amide bonds. The molecule has 0 fully saturated rings.